The van der Waals surface area contributed by atoms with E-state index in [0.29, 0.717) is 23.1 Å². The van der Waals surface area contributed by atoms with Gasteiger partial charge in [-0.25, -0.2) is 4.98 Å². The van der Waals surface area contributed by atoms with Gasteiger partial charge in [-0.1, -0.05) is 49.6 Å². The molecule has 0 aliphatic rings. The molecule has 9 nitrogen and oxygen atoms in total. The van der Waals surface area contributed by atoms with E-state index in [1.807, 2.05) is 19.1 Å². The van der Waals surface area contributed by atoms with Crippen molar-refractivity contribution in [1.82, 2.24) is 10.3 Å². The van der Waals surface area contributed by atoms with E-state index in [2.05, 4.69) is 17.2 Å². The summed E-state index contributed by atoms with van der Waals surface area (Å²) in [5.41, 5.74) is 1.05. The Morgan fingerprint density at radius 3 is 2.69 bits per heavy atom. The van der Waals surface area contributed by atoms with Crippen LogP contribution in [0.5, 0.6) is 5.75 Å². The highest BCUT2D eigenvalue weighted by atomic mass is 33.1. The number of phenols is 1. The second-order valence-electron chi connectivity index (χ2n) is 8.09. The lowest BCUT2D eigenvalue weighted by Crippen LogP contribution is -2.35. The molecule has 1 heterocycles. The van der Waals surface area contributed by atoms with Crippen LogP contribution in [0.25, 0.3) is 0 Å². The van der Waals surface area contributed by atoms with E-state index in [1.165, 1.54) is 29.1 Å². The number of nitrogens with one attached hydrogen (secondary N) is 1. The maximum Gasteiger partial charge on any atom is 0.325 e. The Labute approximate surface area is 213 Å². The molecule has 1 amide bonds. The van der Waals surface area contributed by atoms with Crippen LogP contribution < -0.4 is 5.32 Å². The number of nitrogens with zero attached hydrogens (tertiary/aromatic N) is 2. The summed E-state index contributed by atoms with van der Waals surface area (Å²) in [4.78, 5) is 38.9. The van der Waals surface area contributed by atoms with Crippen LogP contribution in [0, 0.1) is 22.0 Å². The summed E-state index contributed by atoms with van der Waals surface area (Å²) in [5, 5.41) is 23.4. The number of aromatic hydroxyl groups is 1. The van der Waals surface area contributed by atoms with Gasteiger partial charge in [-0.3, -0.25) is 19.7 Å². The van der Waals surface area contributed by atoms with Gasteiger partial charge in [0.2, 0.25) is 5.91 Å². The van der Waals surface area contributed by atoms with Crippen molar-refractivity contribution in [3.8, 4) is 5.75 Å². The molecule has 0 spiro atoms. The Hall–Kier alpha value is -2.79. The Bertz CT molecular complexity index is 974. The van der Waals surface area contributed by atoms with Crippen LogP contribution in [0.15, 0.2) is 47.6 Å². The average Bonchev–Trinajstić information content (AvgIpc) is 2.84. The number of phenolic OH excluding ortho intramolecular Hbond substituents is 1. The first kappa shape index (κ1) is 28.4. The third kappa shape index (κ3) is 10.6. The highest BCUT2D eigenvalue weighted by Crippen LogP contribution is 2.35. The van der Waals surface area contributed by atoms with Gasteiger partial charge in [0, 0.05) is 23.9 Å². The molecule has 0 radical (unpaired) electrons. The van der Waals surface area contributed by atoms with E-state index < -0.39 is 10.9 Å². The van der Waals surface area contributed by atoms with Crippen LogP contribution in [-0.4, -0.2) is 45.8 Å². The van der Waals surface area contributed by atoms with Crippen molar-refractivity contribution in [2.75, 3.05) is 18.9 Å². The Kier molecular flexibility index (Phi) is 12.4. The number of esters is 1. The van der Waals surface area contributed by atoms with E-state index in [1.54, 1.807) is 12.1 Å². The van der Waals surface area contributed by atoms with Crippen molar-refractivity contribution in [1.29, 1.82) is 0 Å². The normalized spacial score (nSPS) is 12.5. The van der Waals surface area contributed by atoms with Crippen LogP contribution in [0.1, 0.15) is 38.7 Å². The van der Waals surface area contributed by atoms with E-state index in [0.717, 1.165) is 35.6 Å². The molecule has 0 aliphatic carbocycles. The molecule has 0 fully saturated rings. The first-order valence-corrected chi connectivity index (χ1v) is 13.7. The maximum absolute atomic E-state index is 12.5. The quantitative estimate of drug-likeness (QED) is 0.112. The van der Waals surface area contributed by atoms with Crippen LogP contribution in [0.3, 0.4) is 0 Å². The van der Waals surface area contributed by atoms with Gasteiger partial charge in [0.25, 0.3) is 0 Å². The number of carbonyl (C=O) groups is 2. The highest BCUT2D eigenvalue weighted by Gasteiger charge is 2.20. The van der Waals surface area contributed by atoms with Gasteiger partial charge in [-0.2, -0.15) is 0 Å². The lowest BCUT2D eigenvalue weighted by atomic mass is 9.86. The molecular formula is C24H31N3O6S2. The third-order valence-corrected chi connectivity index (χ3v) is 7.47. The molecule has 0 bridgehead atoms. The van der Waals surface area contributed by atoms with Crippen LogP contribution >= 0.6 is 21.6 Å². The molecule has 11 heteroatoms. The number of hydrogen-bond acceptors (Lipinski definition) is 9. The van der Waals surface area contributed by atoms with Crippen molar-refractivity contribution in [2.24, 2.45) is 11.8 Å². The molecule has 0 unspecified atom stereocenters. The molecule has 190 valence electrons. The number of amides is 1. The fourth-order valence-electron chi connectivity index (χ4n) is 3.54. The van der Waals surface area contributed by atoms with E-state index in [9.17, 15) is 24.8 Å². The summed E-state index contributed by atoms with van der Waals surface area (Å²) >= 11 is 0. The summed E-state index contributed by atoms with van der Waals surface area (Å²) in [6.07, 6.45) is 5.00. The fraction of sp³-hybridized carbons (Fsp3) is 0.458. The number of rotatable bonds is 15. The Balaban J connectivity index is 1.67. The number of aromatic nitrogens is 1. The van der Waals surface area contributed by atoms with Gasteiger partial charge in [-0.15, -0.1) is 0 Å². The molecule has 0 saturated heterocycles. The van der Waals surface area contributed by atoms with Crippen molar-refractivity contribution in [3.63, 3.8) is 0 Å². The smallest absolute Gasteiger partial charge is 0.325 e. The van der Waals surface area contributed by atoms with Crippen molar-refractivity contribution >= 4 is 39.2 Å². The number of hydrogen-bond donors (Lipinski definition) is 2. The van der Waals surface area contributed by atoms with Gasteiger partial charge >= 0.3 is 11.7 Å². The molecule has 0 saturated carbocycles. The lowest BCUT2D eigenvalue weighted by Gasteiger charge is -2.20. The molecule has 0 aliphatic heterocycles. The van der Waals surface area contributed by atoms with Crippen LogP contribution in [0.2, 0.25) is 0 Å². The van der Waals surface area contributed by atoms with E-state index >= 15 is 0 Å². The number of ether oxygens (including phenoxy) is 1. The zero-order valence-electron chi connectivity index (χ0n) is 19.8. The Morgan fingerprint density at radius 2 is 2.00 bits per heavy atom. The minimum Gasteiger partial charge on any atom is -0.508 e. The Morgan fingerprint density at radius 1 is 1.26 bits per heavy atom. The zero-order valence-corrected chi connectivity index (χ0v) is 21.5. The average molecular weight is 522 g/mol. The SMILES string of the molecule is CCC[C@@H](Cc1ccc(O)cc1)C[C@H](C)C(=O)NCC(=O)OCCSSc1ncccc1[N+](=O)[O-]. The number of carbonyl (C=O) groups excluding carboxylic acids is 2. The summed E-state index contributed by atoms with van der Waals surface area (Å²) < 4.78 is 5.13. The zero-order chi connectivity index (χ0) is 25.6. The van der Waals surface area contributed by atoms with E-state index in [4.69, 9.17) is 4.74 Å². The molecule has 2 N–H and O–H groups in total. The fourth-order valence-corrected chi connectivity index (χ4v) is 5.39. The summed E-state index contributed by atoms with van der Waals surface area (Å²) in [6, 6.07) is 10.0. The molecule has 2 aromatic rings. The number of pyridine rings is 1. The molecule has 35 heavy (non-hydrogen) atoms. The van der Waals surface area contributed by atoms with Gasteiger partial charge in [0.15, 0.2) is 5.03 Å². The first-order valence-electron chi connectivity index (χ1n) is 11.4. The minimum absolute atomic E-state index is 0.0666. The van der Waals surface area contributed by atoms with Crippen LogP contribution in [-0.2, 0) is 20.7 Å². The highest BCUT2D eigenvalue weighted by molar-refractivity contribution is 8.76. The van der Waals surface area contributed by atoms with Crippen molar-refractivity contribution in [3.05, 3.63) is 58.3 Å². The third-order valence-electron chi connectivity index (χ3n) is 5.21. The van der Waals surface area contributed by atoms with Gasteiger partial charge < -0.3 is 15.2 Å². The predicted molar refractivity (Wildman–Crippen MR) is 137 cm³/mol. The second-order valence-corrected chi connectivity index (χ2v) is 10.5. The minimum atomic E-state index is -0.533. The standard InChI is InChI=1S/C24H31N3O6S2/c1-3-5-19(15-18-7-9-20(28)10-8-18)14-17(2)23(30)26-16-22(29)33-12-13-34-35-24-21(27(31)32)6-4-11-25-24/h4,6-11,17,19,28H,3,5,12-16H2,1-2H3,(H,26,30)/t17-,19+/m0/s1. The topological polar surface area (TPSA) is 132 Å². The van der Waals surface area contributed by atoms with Crippen LogP contribution in [0.4, 0.5) is 5.69 Å². The monoisotopic (exact) mass is 521 g/mol. The molecule has 1 aromatic heterocycles. The number of nitro groups is 1. The van der Waals surface area contributed by atoms with E-state index in [-0.39, 0.29) is 36.4 Å². The maximum atomic E-state index is 12.5. The molecular weight excluding hydrogens is 490 g/mol. The lowest BCUT2D eigenvalue weighted by molar-refractivity contribution is -0.388. The molecule has 2 atom stereocenters. The molecule has 2 rings (SSSR count). The largest absolute Gasteiger partial charge is 0.508 e. The summed E-state index contributed by atoms with van der Waals surface area (Å²) in [7, 11) is 2.44. The summed E-state index contributed by atoms with van der Waals surface area (Å²) in [6.45, 7) is 3.88. The van der Waals surface area contributed by atoms with Gasteiger partial charge in [0.1, 0.15) is 18.9 Å². The predicted octanol–water partition coefficient (Wildman–Crippen LogP) is 4.78. The van der Waals surface area contributed by atoms with Crippen molar-refractivity contribution < 1.29 is 24.4 Å². The van der Waals surface area contributed by atoms with Gasteiger partial charge in [-0.05, 0) is 53.3 Å². The molecule has 1 aromatic carbocycles. The summed E-state index contributed by atoms with van der Waals surface area (Å²) in [5.74, 6) is -0.00527. The number of benzene rings is 1. The van der Waals surface area contributed by atoms with Gasteiger partial charge in [0.05, 0.1) is 4.92 Å². The van der Waals surface area contributed by atoms with Crippen molar-refractivity contribution in [2.45, 2.75) is 44.6 Å². The second kappa shape index (κ2) is 15.3. The first-order chi connectivity index (χ1) is 16.8.